The highest BCUT2D eigenvalue weighted by Crippen LogP contribution is 2.24. The van der Waals surface area contributed by atoms with Crippen molar-refractivity contribution in [2.24, 2.45) is 0 Å². The number of hydrogen-bond acceptors (Lipinski definition) is 1. The van der Waals surface area contributed by atoms with Gasteiger partial charge in [-0.15, -0.1) is 0 Å². The summed E-state index contributed by atoms with van der Waals surface area (Å²) in [6.45, 7) is 11.5. The molecule has 1 heteroatoms. The van der Waals surface area contributed by atoms with Crippen molar-refractivity contribution in [3.05, 3.63) is 36.2 Å². The lowest BCUT2D eigenvalue weighted by Crippen LogP contribution is -1.99. The second-order valence-corrected chi connectivity index (χ2v) is 5.12. The highest BCUT2D eigenvalue weighted by Gasteiger charge is 2.05. The molecule has 1 aromatic carbocycles. The summed E-state index contributed by atoms with van der Waals surface area (Å²) in [5.41, 5.74) is 2.67. The quantitative estimate of drug-likeness (QED) is 0.577. The number of unbranched alkanes of at least 4 members (excludes halogenated alkanes) is 2. The SMILES string of the molecule is [CH2]C(C)c1cc(CCCC)cc(OCCCC)c1. The second-order valence-electron chi connectivity index (χ2n) is 5.12. The lowest BCUT2D eigenvalue weighted by Gasteiger charge is -2.13. The minimum Gasteiger partial charge on any atom is -0.494 e. The molecule has 0 saturated heterocycles. The normalized spacial score (nSPS) is 10.9. The molecule has 1 rings (SSSR count). The van der Waals surface area contributed by atoms with Crippen LogP contribution in [0.3, 0.4) is 0 Å². The Bertz CT molecular complexity index is 341. The van der Waals surface area contributed by atoms with Crippen LogP contribution in [-0.2, 0) is 6.42 Å². The van der Waals surface area contributed by atoms with Crippen LogP contribution in [0.25, 0.3) is 0 Å². The summed E-state index contributed by atoms with van der Waals surface area (Å²) in [5.74, 6) is 1.34. The van der Waals surface area contributed by atoms with E-state index >= 15 is 0 Å². The van der Waals surface area contributed by atoms with Gasteiger partial charge in [-0.05, 0) is 55.4 Å². The van der Waals surface area contributed by atoms with Gasteiger partial charge in [-0.3, -0.25) is 0 Å². The Kier molecular flexibility index (Phi) is 6.85. The summed E-state index contributed by atoms with van der Waals surface area (Å²) in [6.07, 6.45) is 5.91. The summed E-state index contributed by atoms with van der Waals surface area (Å²) in [4.78, 5) is 0. The first-order valence-electron chi connectivity index (χ1n) is 7.27. The number of hydrogen-bond donors (Lipinski definition) is 0. The number of rotatable bonds is 8. The summed E-state index contributed by atoms with van der Waals surface area (Å²) in [6, 6.07) is 6.61. The van der Waals surface area contributed by atoms with Crippen molar-refractivity contribution in [3.8, 4) is 5.75 Å². The van der Waals surface area contributed by atoms with E-state index in [4.69, 9.17) is 4.74 Å². The average molecular weight is 247 g/mol. The number of aryl methyl sites for hydroxylation is 1. The highest BCUT2D eigenvalue weighted by molar-refractivity contribution is 5.36. The first kappa shape index (κ1) is 15.1. The summed E-state index contributed by atoms with van der Waals surface area (Å²) < 4.78 is 5.83. The van der Waals surface area contributed by atoms with Crippen LogP contribution in [-0.4, -0.2) is 6.61 Å². The molecule has 0 heterocycles. The fourth-order valence-corrected chi connectivity index (χ4v) is 1.91. The molecule has 0 N–H and O–H groups in total. The van der Waals surface area contributed by atoms with E-state index in [0.29, 0.717) is 5.92 Å². The maximum atomic E-state index is 5.83. The van der Waals surface area contributed by atoms with Crippen LogP contribution in [0.2, 0.25) is 0 Å². The molecule has 1 aromatic rings. The second kappa shape index (κ2) is 8.18. The molecule has 101 valence electrons. The summed E-state index contributed by atoms with van der Waals surface area (Å²) >= 11 is 0. The Morgan fingerprint density at radius 1 is 1.11 bits per heavy atom. The van der Waals surface area contributed by atoms with Gasteiger partial charge in [-0.1, -0.05) is 39.7 Å². The lowest BCUT2D eigenvalue weighted by molar-refractivity contribution is 0.308. The molecule has 1 radical (unpaired) electrons. The molecule has 0 aliphatic rings. The molecule has 1 nitrogen and oxygen atoms in total. The van der Waals surface area contributed by atoms with E-state index in [1.807, 2.05) is 0 Å². The largest absolute Gasteiger partial charge is 0.494 e. The summed E-state index contributed by atoms with van der Waals surface area (Å²) in [5, 5.41) is 0. The van der Waals surface area contributed by atoms with Crippen LogP contribution in [0.15, 0.2) is 18.2 Å². The third-order valence-electron chi connectivity index (χ3n) is 3.14. The zero-order valence-corrected chi connectivity index (χ0v) is 12.2. The van der Waals surface area contributed by atoms with Crippen LogP contribution in [0.5, 0.6) is 5.75 Å². The van der Waals surface area contributed by atoms with E-state index in [0.717, 1.165) is 25.2 Å². The fraction of sp³-hybridized carbons (Fsp3) is 0.588. The molecule has 0 saturated carbocycles. The maximum Gasteiger partial charge on any atom is 0.119 e. The first-order chi connectivity index (χ1) is 8.67. The molecule has 0 amide bonds. The van der Waals surface area contributed by atoms with Gasteiger partial charge in [0, 0.05) is 0 Å². The standard InChI is InChI=1S/C17H27O/c1-5-7-9-15-11-16(14(3)4)13-17(12-15)18-10-8-6-2/h11-14H,3,5-10H2,1-2,4H3. The van der Waals surface area contributed by atoms with Crippen LogP contribution in [0, 0.1) is 6.92 Å². The summed E-state index contributed by atoms with van der Waals surface area (Å²) in [7, 11) is 0. The Morgan fingerprint density at radius 3 is 2.44 bits per heavy atom. The molecule has 0 aliphatic heterocycles. The number of ether oxygens (including phenoxy) is 1. The Balaban J connectivity index is 2.77. The predicted octanol–water partition coefficient (Wildman–Crippen LogP) is 5.15. The molecule has 1 atom stereocenters. The third-order valence-corrected chi connectivity index (χ3v) is 3.14. The average Bonchev–Trinajstić information content (AvgIpc) is 2.36. The van der Waals surface area contributed by atoms with Gasteiger partial charge in [0.1, 0.15) is 5.75 Å². The molecule has 18 heavy (non-hydrogen) atoms. The molecular formula is C17H27O. The zero-order valence-electron chi connectivity index (χ0n) is 12.2. The smallest absolute Gasteiger partial charge is 0.119 e. The molecule has 0 fully saturated rings. The van der Waals surface area contributed by atoms with E-state index in [-0.39, 0.29) is 0 Å². The number of benzene rings is 1. The van der Waals surface area contributed by atoms with Crippen molar-refractivity contribution < 1.29 is 4.74 Å². The Labute approximate surface area is 113 Å². The van der Waals surface area contributed by atoms with E-state index in [2.05, 4.69) is 45.9 Å². The minimum atomic E-state index is 0.320. The molecule has 0 spiro atoms. The van der Waals surface area contributed by atoms with Gasteiger partial charge in [-0.25, -0.2) is 0 Å². The monoisotopic (exact) mass is 247 g/mol. The van der Waals surface area contributed by atoms with Gasteiger partial charge in [0.2, 0.25) is 0 Å². The van der Waals surface area contributed by atoms with Crippen molar-refractivity contribution in [3.63, 3.8) is 0 Å². The minimum absolute atomic E-state index is 0.320. The Hall–Kier alpha value is -0.980. The molecular weight excluding hydrogens is 220 g/mol. The Morgan fingerprint density at radius 2 is 1.83 bits per heavy atom. The van der Waals surface area contributed by atoms with Gasteiger partial charge in [-0.2, -0.15) is 0 Å². The van der Waals surface area contributed by atoms with Crippen LogP contribution in [0.1, 0.15) is 63.5 Å². The van der Waals surface area contributed by atoms with Gasteiger partial charge in [0.15, 0.2) is 0 Å². The van der Waals surface area contributed by atoms with Gasteiger partial charge >= 0.3 is 0 Å². The zero-order chi connectivity index (χ0) is 13.4. The van der Waals surface area contributed by atoms with Gasteiger partial charge in [0.05, 0.1) is 6.61 Å². The van der Waals surface area contributed by atoms with Crippen molar-refractivity contribution >= 4 is 0 Å². The molecule has 0 aliphatic carbocycles. The van der Waals surface area contributed by atoms with Crippen LogP contribution >= 0.6 is 0 Å². The van der Waals surface area contributed by atoms with Crippen molar-refractivity contribution in [1.29, 1.82) is 0 Å². The predicted molar refractivity (Wildman–Crippen MR) is 79.2 cm³/mol. The van der Waals surface area contributed by atoms with Gasteiger partial charge in [0.25, 0.3) is 0 Å². The van der Waals surface area contributed by atoms with E-state index in [1.165, 1.54) is 30.4 Å². The first-order valence-corrected chi connectivity index (χ1v) is 7.27. The molecule has 0 bridgehead atoms. The lowest BCUT2D eigenvalue weighted by atomic mass is 9.98. The van der Waals surface area contributed by atoms with Crippen molar-refractivity contribution in [2.45, 2.75) is 58.8 Å². The fourth-order valence-electron chi connectivity index (χ4n) is 1.91. The van der Waals surface area contributed by atoms with Crippen LogP contribution < -0.4 is 4.74 Å². The van der Waals surface area contributed by atoms with E-state index in [1.54, 1.807) is 0 Å². The third kappa shape index (κ3) is 5.12. The maximum absolute atomic E-state index is 5.83. The topological polar surface area (TPSA) is 9.23 Å². The van der Waals surface area contributed by atoms with Gasteiger partial charge < -0.3 is 4.74 Å². The van der Waals surface area contributed by atoms with Crippen molar-refractivity contribution in [2.75, 3.05) is 6.61 Å². The van der Waals surface area contributed by atoms with E-state index < -0.39 is 0 Å². The molecule has 1 unspecified atom stereocenters. The van der Waals surface area contributed by atoms with Crippen molar-refractivity contribution in [1.82, 2.24) is 0 Å². The van der Waals surface area contributed by atoms with Crippen LogP contribution in [0.4, 0.5) is 0 Å². The van der Waals surface area contributed by atoms with E-state index in [9.17, 15) is 0 Å². The highest BCUT2D eigenvalue weighted by atomic mass is 16.5. The molecule has 0 aromatic heterocycles.